The van der Waals surface area contributed by atoms with Crippen LogP contribution in [0.4, 0.5) is 5.82 Å². The van der Waals surface area contributed by atoms with Gasteiger partial charge in [0.1, 0.15) is 30.1 Å². The molecule has 4 heterocycles. The molecular weight excluding hydrogens is 380 g/mol. The zero-order chi connectivity index (χ0) is 20.3. The molecule has 0 aliphatic carbocycles. The van der Waals surface area contributed by atoms with Crippen LogP contribution in [-0.4, -0.2) is 48.5 Å². The number of amides is 1. The molecule has 1 fully saturated rings. The fraction of sp³-hybridized carbons (Fsp3) is 0.286. The van der Waals surface area contributed by atoms with Crippen LogP contribution in [0, 0.1) is 5.92 Å². The van der Waals surface area contributed by atoms with E-state index in [1.807, 2.05) is 41.1 Å². The smallest absolute Gasteiger partial charge is 0.223 e. The Morgan fingerprint density at radius 2 is 2.00 bits per heavy atom. The highest BCUT2D eigenvalue weighted by Crippen LogP contribution is 2.23. The minimum atomic E-state index is 0.000541. The molecule has 0 spiro atoms. The van der Waals surface area contributed by atoms with Crippen LogP contribution in [0.5, 0.6) is 0 Å². The van der Waals surface area contributed by atoms with E-state index in [-0.39, 0.29) is 11.8 Å². The number of carbonyl (C=O) groups excluding carboxylic acids is 1. The lowest BCUT2D eigenvalue weighted by molar-refractivity contribution is -0.125. The maximum absolute atomic E-state index is 12.6. The Balaban J connectivity index is 1.16. The van der Waals surface area contributed by atoms with Gasteiger partial charge >= 0.3 is 0 Å². The second kappa shape index (κ2) is 7.94. The predicted octanol–water partition coefficient (Wildman–Crippen LogP) is 2.07. The maximum Gasteiger partial charge on any atom is 0.223 e. The van der Waals surface area contributed by atoms with Gasteiger partial charge in [-0.05, 0) is 25.0 Å². The molecule has 0 radical (unpaired) electrons. The molecular formula is C21H22N8O. The lowest BCUT2D eigenvalue weighted by Gasteiger charge is -2.32. The molecule has 0 bridgehead atoms. The van der Waals surface area contributed by atoms with Crippen molar-refractivity contribution in [1.82, 2.24) is 34.8 Å². The molecule has 1 aromatic carbocycles. The zero-order valence-corrected chi connectivity index (χ0v) is 16.4. The van der Waals surface area contributed by atoms with Gasteiger partial charge in [-0.2, -0.15) is 0 Å². The number of imidazole rings is 2. The number of para-hydroxylation sites is 2. The van der Waals surface area contributed by atoms with E-state index in [1.54, 1.807) is 18.9 Å². The number of nitrogens with one attached hydrogen (secondary N) is 2. The Bertz CT molecular complexity index is 1110. The molecule has 0 unspecified atom stereocenters. The molecule has 5 rings (SSSR count). The topological polar surface area (TPSA) is 105 Å². The average Bonchev–Trinajstić information content (AvgIpc) is 3.47. The molecule has 9 nitrogen and oxygen atoms in total. The Kier molecular flexibility index (Phi) is 4.84. The molecule has 1 amide bonds. The lowest BCUT2D eigenvalue weighted by Crippen LogP contribution is -2.40. The maximum atomic E-state index is 12.6. The second-order valence-electron chi connectivity index (χ2n) is 7.38. The van der Waals surface area contributed by atoms with Gasteiger partial charge in [-0.1, -0.05) is 12.1 Å². The van der Waals surface area contributed by atoms with Gasteiger partial charge in [-0.3, -0.25) is 9.36 Å². The molecule has 3 aromatic heterocycles. The quantitative estimate of drug-likeness (QED) is 0.530. The van der Waals surface area contributed by atoms with Crippen LogP contribution in [0.15, 0.2) is 55.4 Å². The van der Waals surface area contributed by atoms with Gasteiger partial charge in [-0.25, -0.2) is 19.9 Å². The summed E-state index contributed by atoms with van der Waals surface area (Å²) in [6.07, 6.45) is 8.43. The number of hydrogen-bond donors (Lipinski definition) is 2. The first kappa shape index (κ1) is 18.3. The number of aromatic nitrogens is 6. The Labute approximate surface area is 173 Å². The standard InChI is InChI=1S/C21H22N8O/c30-21(23-12-18-26-16-3-1-2-4-17(16)27-18)15-5-8-28(9-6-15)19-11-20(25-13-24-19)29-10-7-22-14-29/h1-4,7,10-11,13-15H,5-6,8-9,12H2,(H,23,30)(H,26,27). The highest BCUT2D eigenvalue weighted by atomic mass is 16.1. The molecule has 2 N–H and O–H groups in total. The number of anilines is 1. The molecule has 1 aliphatic heterocycles. The minimum absolute atomic E-state index is 0.000541. The molecule has 0 atom stereocenters. The van der Waals surface area contributed by atoms with E-state index >= 15 is 0 Å². The van der Waals surface area contributed by atoms with E-state index in [4.69, 9.17) is 0 Å². The average molecular weight is 402 g/mol. The minimum Gasteiger partial charge on any atom is -0.356 e. The van der Waals surface area contributed by atoms with Crippen LogP contribution in [0.1, 0.15) is 18.7 Å². The normalized spacial score (nSPS) is 14.9. The molecule has 152 valence electrons. The van der Waals surface area contributed by atoms with Gasteiger partial charge < -0.3 is 15.2 Å². The van der Waals surface area contributed by atoms with E-state index in [9.17, 15) is 4.79 Å². The van der Waals surface area contributed by atoms with Crippen molar-refractivity contribution < 1.29 is 4.79 Å². The van der Waals surface area contributed by atoms with Crippen molar-refractivity contribution in [2.75, 3.05) is 18.0 Å². The zero-order valence-electron chi connectivity index (χ0n) is 16.4. The third-order valence-corrected chi connectivity index (χ3v) is 5.47. The monoisotopic (exact) mass is 402 g/mol. The fourth-order valence-electron chi connectivity index (χ4n) is 3.82. The van der Waals surface area contributed by atoms with Gasteiger partial charge in [0, 0.05) is 37.5 Å². The van der Waals surface area contributed by atoms with E-state index < -0.39 is 0 Å². The van der Waals surface area contributed by atoms with Gasteiger partial charge in [0.2, 0.25) is 5.91 Å². The first-order chi connectivity index (χ1) is 14.8. The summed E-state index contributed by atoms with van der Waals surface area (Å²) in [4.78, 5) is 35.4. The summed E-state index contributed by atoms with van der Waals surface area (Å²) >= 11 is 0. The summed E-state index contributed by atoms with van der Waals surface area (Å²) < 4.78 is 1.85. The fourth-order valence-corrected chi connectivity index (χ4v) is 3.82. The number of carbonyl (C=O) groups is 1. The van der Waals surface area contributed by atoms with Crippen molar-refractivity contribution >= 4 is 22.8 Å². The SMILES string of the molecule is O=C(NCc1nc2ccccc2[nH]1)C1CCN(c2cc(-n3ccnc3)ncn2)CC1. The van der Waals surface area contributed by atoms with Crippen LogP contribution >= 0.6 is 0 Å². The van der Waals surface area contributed by atoms with Crippen LogP contribution in [0.25, 0.3) is 16.9 Å². The number of H-pyrrole nitrogens is 1. The van der Waals surface area contributed by atoms with Gasteiger partial charge in [0.25, 0.3) is 0 Å². The molecule has 30 heavy (non-hydrogen) atoms. The van der Waals surface area contributed by atoms with Crippen LogP contribution in [0.3, 0.4) is 0 Å². The van der Waals surface area contributed by atoms with Crippen molar-refractivity contribution in [1.29, 1.82) is 0 Å². The van der Waals surface area contributed by atoms with Crippen molar-refractivity contribution in [3.63, 3.8) is 0 Å². The first-order valence-electron chi connectivity index (χ1n) is 10.0. The van der Waals surface area contributed by atoms with E-state index in [2.05, 4.69) is 35.1 Å². The van der Waals surface area contributed by atoms with E-state index in [0.717, 1.165) is 54.4 Å². The van der Waals surface area contributed by atoms with Crippen molar-refractivity contribution in [3.05, 3.63) is 61.2 Å². The molecule has 4 aromatic rings. The Morgan fingerprint density at radius 1 is 1.17 bits per heavy atom. The largest absolute Gasteiger partial charge is 0.356 e. The number of benzene rings is 1. The summed E-state index contributed by atoms with van der Waals surface area (Å²) in [6, 6.07) is 9.80. The third-order valence-electron chi connectivity index (χ3n) is 5.47. The summed E-state index contributed by atoms with van der Waals surface area (Å²) in [5, 5.41) is 3.02. The van der Waals surface area contributed by atoms with E-state index in [0.29, 0.717) is 6.54 Å². The molecule has 0 saturated carbocycles. The number of piperidine rings is 1. The summed E-state index contributed by atoms with van der Waals surface area (Å²) in [7, 11) is 0. The number of nitrogens with zero attached hydrogens (tertiary/aromatic N) is 6. The lowest BCUT2D eigenvalue weighted by atomic mass is 9.96. The third kappa shape index (κ3) is 3.73. The molecule has 1 saturated heterocycles. The number of fused-ring (bicyclic) bond motifs is 1. The highest BCUT2D eigenvalue weighted by Gasteiger charge is 2.26. The molecule has 9 heteroatoms. The Hall–Kier alpha value is -3.75. The second-order valence-corrected chi connectivity index (χ2v) is 7.38. The van der Waals surface area contributed by atoms with Gasteiger partial charge in [-0.15, -0.1) is 0 Å². The van der Waals surface area contributed by atoms with Crippen LogP contribution < -0.4 is 10.2 Å². The summed E-state index contributed by atoms with van der Waals surface area (Å²) in [6.45, 7) is 1.97. The van der Waals surface area contributed by atoms with Crippen molar-refractivity contribution in [2.24, 2.45) is 5.92 Å². The Morgan fingerprint density at radius 3 is 2.80 bits per heavy atom. The predicted molar refractivity (Wildman–Crippen MR) is 112 cm³/mol. The molecule has 1 aliphatic rings. The van der Waals surface area contributed by atoms with E-state index in [1.165, 1.54) is 0 Å². The summed E-state index contributed by atoms with van der Waals surface area (Å²) in [5.41, 5.74) is 1.89. The number of rotatable bonds is 5. The van der Waals surface area contributed by atoms with Gasteiger partial charge in [0.15, 0.2) is 0 Å². The number of hydrogen-bond acceptors (Lipinski definition) is 6. The van der Waals surface area contributed by atoms with Crippen molar-refractivity contribution in [2.45, 2.75) is 19.4 Å². The highest BCUT2D eigenvalue weighted by molar-refractivity contribution is 5.79. The van der Waals surface area contributed by atoms with Crippen molar-refractivity contribution in [3.8, 4) is 5.82 Å². The van der Waals surface area contributed by atoms with Crippen LogP contribution in [0.2, 0.25) is 0 Å². The first-order valence-corrected chi connectivity index (χ1v) is 10.0. The van der Waals surface area contributed by atoms with Gasteiger partial charge in [0.05, 0.1) is 17.6 Å². The summed E-state index contributed by atoms with van der Waals surface area (Å²) in [5.74, 6) is 2.51. The van der Waals surface area contributed by atoms with Crippen LogP contribution in [-0.2, 0) is 11.3 Å². The number of aromatic amines is 1.